The van der Waals surface area contributed by atoms with Gasteiger partial charge in [0.25, 0.3) is 0 Å². The van der Waals surface area contributed by atoms with E-state index in [0.717, 1.165) is 49.2 Å². The minimum Gasteiger partial charge on any atom is -0.309 e. The number of rotatable bonds is 4. The molecule has 4 aromatic heterocycles. The smallest absolute Gasteiger partial charge is 0.236 e. The fourth-order valence-corrected chi connectivity index (χ4v) is 9.76. The molecule has 12 rings (SSSR count). The molecule has 0 spiro atoms. The van der Waals surface area contributed by atoms with E-state index in [4.69, 9.17) is 9.97 Å². The summed E-state index contributed by atoms with van der Waals surface area (Å²) in [4.78, 5) is 12.2. The summed E-state index contributed by atoms with van der Waals surface area (Å²) in [5.41, 5.74) is 10.0. The molecule has 0 aliphatic heterocycles. The standard InChI is InChI=1S/C50H30N4S/c1-3-14-31(15-4-1)34-26-27-45-40(29-34)47-48(38-22-13-25-43-46(38)37-21-10-12-24-42(37)53(43)35-18-5-2-6-19-35)51-50(52-49(47)55-45)54-41-23-11-9-20-36(41)39-28-32-16-7-8-17-33(32)30-44(39)54/h1-30H. The number of hydrogen-bond acceptors (Lipinski definition) is 3. The van der Waals surface area contributed by atoms with Gasteiger partial charge >= 0.3 is 0 Å². The first kappa shape index (κ1) is 30.4. The number of fused-ring (bicyclic) bond motifs is 10. The normalized spacial score (nSPS) is 12.0. The van der Waals surface area contributed by atoms with E-state index in [9.17, 15) is 0 Å². The van der Waals surface area contributed by atoms with E-state index < -0.39 is 0 Å². The Labute approximate surface area is 319 Å². The van der Waals surface area contributed by atoms with Gasteiger partial charge in [-0.2, -0.15) is 0 Å². The van der Waals surface area contributed by atoms with Crippen LogP contribution in [0.4, 0.5) is 0 Å². The third-order valence-corrected chi connectivity index (χ3v) is 12.2. The molecule has 0 aliphatic rings. The van der Waals surface area contributed by atoms with Gasteiger partial charge in [-0.3, -0.25) is 4.57 Å². The van der Waals surface area contributed by atoms with Crippen molar-refractivity contribution in [2.75, 3.05) is 0 Å². The largest absolute Gasteiger partial charge is 0.309 e. The van der Waals surface area contributed by atoms with Crippen LogP contribution in [-0.4, -0.2) is 19.1 Å². The lowest BCUT2D eigenvalue weighted by molar-refractivity contribution is 1.02. The van der Waals surface area contributed by atoms with Crippen molar-refractivity contribution in [3.63, 3.8) is 0 Å². The Hall–Kier alpha value is -7.08. The summed E-state index contributed by atoms with van der Waals surface area (Å²) in [5.74, 6) is 0.669. The van der Waals surface area contributed by atoms with Crippen LogP contribution < -0.4 is 0 Å². The molecule has 0 N–H and O–H groups in total. The van der Waals surface area contributed by atoms with Gasteiger partial charge in [-0.1, -0.05) is 127 Å². The molecular formula is C50H30N4S. The number of benzene rings is 8. The lowest BCUT2D eigenvalue weighted by atomic mass is 9.99. The van der Waals surface area contributed by atoms with E-state index in [0.29, 0.717) is 5.95 Å². The molecule has 0 fully saturated rings. The van der Waals surface area contributed by atoms with Gasteiger partial charge < -0.3 is 4.57 Å². The van der Waals surface area contributed by atoms with Crippen LogP contribution in [-0.2, 0) is 0 Å². The zero-order chi connectivity index (χ0) is 36.0. The van der Waals surface area contributed by atoms with Gasteiger partial charge in [0.1, 0.15) is 4.83 Å². The van der Waals surface area contributed by atoms with E-state index in [1.54, 1.807) is 11.3 Å². The van der Waals surface area contributed by atoms with Crippen LogP contribution in [0.3, 0.4) is 0 Å². The Kier molecular flexibility index (Phi) is 6.47. The third-order valence-electron chi connectivity index (χ3n) is 11.1. The quantitative estimate of drug-likeness (QED) is 0.182. The number of hydrogen-bond donors (Lipinski definition) is 0. The van der Waals surface area contributed by atoms with Crippen LogP contribution in [0.5, 0.6) is 0 Å². The molecule has 12 aromatic rings. The minimum atomic E-state index is 0.669. The third kappa shape index (κ3) is 4.51. The highest BCUT2D eigenvalue weighted by Crippen LogP contribution is 2.45. The van der Waals surface area contributed by atoms with Gasteiger partial charge in [-0.25, -0.2) is 9.97 Å². The van der Waals surface area contributed by atoms with E-state index >= 15 is 0 Å². The zero-order valence-electron chi connectivity index (χ0n) is 29.5. The summed E-state index contributed by atoms with van der Waals surface area (Å²) >= 11 is 1.74. The van der Waals surface area contributed by atoms with Gasteiger partial charge in [-0.05, 0) is 76.5 Å². The maximum atomic E-state index is 5.71. The molecular weight excluding hydrogens is 689 g/mol. The van der Waals surface area contributed by atoms with Crippen molar-refractivity contribution in [3.8, 4) is 34.0 Å². The van der Waals surface area contributed by atoms with Crippen LogP contribution in [0.25, 0.3) is 109 Å². The first-order valence-electron chi connectivity index (χ1n) is 18.6. The highest BCUT2D eigenvalue weighted by atomic mass is 32.1. The predicted octanol–water partition coefficient (Wildman–Crippen LogP) is 13.5. The number of aromatic nitrogens is 4. The SMILES string of the molecule is c1ccc(-c2ccc3sc4nc(-n5c6ccccc6c6cc7ccccc7cc65)nc(-c5cccc6c5c5ccccc5n6-c5ccccc5)c4c3c2)cc1. The van der Waals surface area contributed by atoms with E-state index in [1.807, 2.05) is 0 Å². The van der Waals surface area contributed by atoms with Crippen molar-refractivity contribution in [2.24, 2.45) is 0 Å². The summed E-state index contributed by atoms with van der Waals surface area (Å²) in [6.07, 6.45) is 0. The average molecular weight is 719 g/mol. The number of thiophene rings is 1. The van der Waals surface area contributed by atoms with E-state index in [1.165, 1.54) is 53.5 Å². The fraction of sp³-hybridized carbons (Fsp3) is 0. The molecule has 0 saturated heterocycles. The van der Waals surface area contributed by atoms with Crippen LogP contribution >= 0.6 is 11.3 Å². The van der Waals surface area contributed by atoms with Crippen molar-refractivity contribution < 1.29 is 0 Å². The molecule has 0 amide bonds. The summed E-state index contributed by atoms with van der Waals surface area (Å²) < 4.78 is 5.84. The molecule has 0 unspecified atom stereocenters. The Bertz CT molecular complexity index is 3480. The maximum absolute atomic E-state index is 5.71. The van der Waals surface area contributed by atoms with Crippen molar-refractivity contribution >= 4 is 86.0 Å². The molecule has 55 heavy (non-hydrogen) atoms. The first-order valence-corrected chi connectivity index (χ1v) is 19.4. The molecule has 0 radical (unpaired) electrons. The number of nitrogens with zero attached hydrogens (tertiary/aromatic N) is 4. The van der Waals surface area contributed by atoms with E-state index in [-0.39, 0.29) is 0 Å². The Balaban J connectivity index is 1.23. The lowest BCUT2D eigenvalue weighted by Crippen LogP contribution is -2.03. The molecule has 8 aromatic carbocycles. The van der Waals surface area contributed by atoms with Crippen molar-refractivity contribution in [1.82, 2.24) is 19.1 Å². The summed E-state index contributed by atoms with van der Waals surface area (Å²) in [6, 6.07) is 65.3. The highest BCUT2D eigenvalue weighted by Gasteiger charge is 2.24. The van der Waals surface area contributed by atoms with Crippen molar-refractivity contribution in [2.45, 2.75) is 0 Å². The number of para-hydroxylation sites is 3. The van der Waals surface area contributed by atoms with Crippen LogP contribution in [0.2, 0.25) is 0 Å². The Morgan fingerprint density at radius 3 is 1.89 bits per heavy atom. The first-order chi connectivity index (χ1) is 27.3. The molecule has 0 bridgehead atoms. The van der Waals surface area contributed by atoms with Crippen LogP contribution in [0.1, 0.15) is 0 Å². The fourth-order valence-electron chi connectivity index (χ4n) is 8.71. The van der Waals surface area contributed by atoms with Gasteiger partial charge in [0, 0.05) is 48.3 Å². The highest BCUT2D eigenvalue weighted by molar-refractivity contribution is 7.25. The second kappa shape index (κ2) is 11.7. The molecule has 0 saturated carbocycles. The Morgan fingerprint density at radius 2 is 1.07 bits per heavy atom. The predicted molar refractivity (Wildman–Crippen MR) is 232 cm³/mol. The topological polar surface area (TPSA) is 35.6 Å². The molecule has 4 nitrogen and oxygen atoms in total. The summed E-state index contributed by atoms with van der Waals surface area (Å²) in [5, 5.41) is 9.40. The van der Waals surface area contributed by atoms with Gasteiger partial charge in [0.05, 0.1) is 27.8 Å². The lowest BCUT2D eigenvalue weighted by Gasteiger charge is -2.12. The second-order valence-electron chi connectivity index (χ2n) is 14.2. The Morgan fingerprint density at radius 1 is 0.400 bits per heavy atom. The second-order valence-corrected chi connectivity index (χ2v) is 15.2. The zero-order valence-corrected chi connectivity index (χ0v) is 30.3. The van der Waals surface area contributed by atoms with Gasteiger partial charge in [-0.15, -0.1) is 11.3 Å². The van der Waals surface area contributed by atoms with E-state index in [2.05, 4.69) is 191 Å². The average Bonchev–Trinajstić information content (AvgIpc) is 3.90. The molecule has 0 aliphatic carbocycles. The van der Waals surface area contributed by atoms with Crippen LogP contribution in [0.15, 0.2) is 182 Å². The van der Waals surface area contributed by atoms with Gasteiger partial charge in [0.2, 0.25) is 5.95 Å². The molecule has 5 heteroatoms. The summed E-state index contributed by atoms with van der Waals surface area (Å²) in [7, 11) is 0. The minimum absolute atomic E-state index is 0.669. The molecule has 4 heterocycles. The molecule has 0 atom stereocenters. The monoisotopic (exact) mass is 718 g/mol. The maximum Gasteiger partial charge on any atom is 0.236 e. The van der Waals surface area contributed by atoms with Crippen LogP contribution in [0, 0.1) is 0 Å². The summed E-state index contributed by atoms with van der Waals surface area (Å²) in [6.45, 7) is 0. The van der Waals surface area contributed by atoms with Crippen molar-refractivity contribution in [3.05, 3.63) is 182 Å². The molecule has 256 valence electrons. The van der Waals surface area contributed by atoms with Crippen molar-refractivity contribution in [1.29, 1.82) is 0 Å². The van der Waals surface area contributed by atoms with Gasteiger partial charge in [0.15, 0.2) is 0 Å².